The molecule has 1 N–H and O–H groups in total. The Balaban J connectivity index is 2.20. The number of rotatable bonds is 8. The number of carbonyl (C=O) groups excluding carboxylic acids is 1. The molecule has 1 amide bonds. The molecule has 1 atom stereocenters. The molecule has 0 fully saturated rings. The molecule has 0 saturated carbocycles. The first-order valence-electron chi connectivity index (χ1n) is 8.84. The van der Waals surface area contributed by atoms with Gasteiger partial charge in [0.15, 0.2) is 5.69 Å². The number of methoxy groups -OCH3 is 1. The highest BCUT2D eigenvalue weighted by molar-refractivity contribution is 5.93. The quantitative estimate of drug-likeness (QED) is 0.783. The van der Waals surface area contributed by atoms with Gasteiger partial charge in [-0.25, -0.2) is 4.68 Å². The van der Waals surface area contributed by atoms with Gasteiger partial charge in [-0.3, -0.25) is 4.79 Å². The Kier molecular flexibility index (Phi) is 6.74. The zero-order valence-corrected chi connectivity index (χ0v) is 16.5. The predicted molar refractivity (Wildman–Crippen MR) is 102 cm³/mol. The van der Waals surface area contributed by atoms with Gasteiger partial charge in [0, 0.05) is 18.7 Å². The molecular weight excluding hydrogens is 330 g/mol. The van der Waals surface area contributed by atoms with E-state index in [1.54, 1.807) is 11.8 Å². The van der Waals surface area contributed by atoms with Crippen molar-refractivity contribution < 1.29 is 9.53 Å². The van der Waals surface area contributed by atoms with E-state index >= 15 is 0 Å². The van der Waals surface area contributed by atoms with Crippen molar-refractivity contribution in [2.45, 2.75) is 33.2 Å². The van der Waals surface area contributed by atoms with E-state index in [0.717, 1.165) is 24.4 Å². The number of hydrogen-bond donors (Lipinski definition) is 1. The van der Waals surface area contributed by atoms with E-state index in [2.05, 4.69) is 34.4 Å². The zero-order chi connectivity index (χ0) is 19.3. The molecule has 0 aliphatic rings. The summed E-state index contributed by atoms with van der Waals surface area (Å²) >= 11 is 0. The molecule has 142 valence electrons. The summed E-state index contributed by atoms with van der Waals surface area (Å²) in [6, 6.07) is 7.57. The molecule has 0 saturated heterocycles. The molecule has 7 heteroatoms. The van der Waals surface area contributed by atoms with Crippen LogP contribution in [-0.4, -0.2) is 59.6 Å². The first kappa shape index (κ1) is 19.9. The van der Waals surface area contributed by atoms with Gasteiger partial charge >= 0.3 is 0 Å². The van der Waals surface area contributed by atoms with Gasteiger partial charge < -0.3 is 15.0 Å². The fourth-order valence-electron chi connectivity index (χ4n) is 2.97. The van der Waals surface area contributed by atoms with Gasteiger partial charge in [-0.2, -0.15) is 0 Å². The Labute approximate surface area is 155 Å². The van der Waals surface area contributed by atoms with Crippen LogP contribution in [0.1, 0.15) is 36.5 Å². The summed E-state index contributed by atoms with van der Waals surface area (Å²) in [5, 5.41) is 11.4. The minimum Gasteiger partial charge on any atom is -0.497 e. The van der Waals surface area contributed by atoms with E-state index in [-0.39, 0.29) is 11.9 Å². The van der Waals surface area contributed by atoms with Crippen LogP contribution in [0, 0.1) is 12.8 Å². The summed E-state index contributed by atoms with van der Waals surface area (Å²) < 4.78 is 6.91. The molecule has 0 aliphatic carbocycles. The molecule has 26 heavy (non-hydrogen) atoms. The van der Waals surface area contributed by atoms with Crippen LogP contribution in [0.25, 0.3) is 5.69 Å². The fraction of sp³-hybridized carbons (Fsp3) is 0.526. The minimum absolute atomic E-state index is 0.0684. The second-order valence-corrected chi connectivity index (χ2v) is 7.20. The highest BCUT2D eigenvalue weighted by Gasteiger charge is 2.21. The third-order valence-electron chi connectivity index (χ3n) is 4.08. The average molecular weight is 359 g/mol. The van der Waals surface area contributed by atoms with Crippen LogP contribution in [0.2, 0.25) is 0 Å². The highest BCUT2D eigenvalue weighted by atomic mass is 16.5. The molecular formula is C19H29N5O2. The maximum atomic E-state index is 12.7. The molecule has 0 bridgehead atoms. The van der Waals surface area contributed by atoms with Crippen molar-refractivity contribution in [1.29, 1.82) is 0 Å². The number of nitrogens with zero attached hydrogens (tertiary/aromatic N) is 4. The third-order valence-corrected chi connectivity index (χ3v) is 4.08. The van der Waals surface area contributed by atoms with Crippen LogP contribution in [-0.2, 0) is 0 Å². The SMILES string of the molecule is COc1cccc(-n2nnc(C(=O)NC(CC(C)C)CN(C)C)c2C)c1. The van der Waals surface area contributed by atoms with Crippen molar-refractivity contribution in [1.82, 2.24) is 25.2 Å². The first-order valence-corrected chi connectivity index (χ1v) is 8.84. The van der Waals surface area contributed by atoms with Gasteiger partial charge in [0.2, 0.25) is 0 Å². The van der Waals surface area contributed by atoms with Gasteiger partial charge in [0.25, 0.3) is 5.91 Å². The number of ether oxygens (including phenoxy) is 1. The van der Waals surface area contributed by atoms with Crippen molar-refractivity contribution in [2.24, 2.45) is 5.92 Å². The summed E-state index contributed by atoms with van der Waals surface area (Å²) in [5.41, 5.74) is 1.85. The van der Waals surface area contributed by atoms with Crippen molar-refractivity contribution in [3.05, 3.63) is 35.7 Å². The third kappa shape index (κ3) is 5.05. The van der Waals surface area contributed by atoms with Crippen LogP contribution >= 0.6 is 0 Å². The summed E-state index contributed by atoms with van der Waals surface area (Å²) in [5.74, 6) is 1.03. The monoisotopic (exact) mass is 359 g/mol. The first-order chi connectivity index (χ1) is 12.3. The van der Waals surface area contributed by atoms with Crippen molar-refractivity contribution >= 4 is 5.91 Å². The van der Waals surface area contributed by atoms with Crippen molar-refractivity contribution in [3.8, 4) is 11.4 Å². The Morgan fingerprint density at radius 2 is 2.08 bits per heavy atom. The molecule has 2 rings (SSSR count). The number of hydrogen-bond acceptors (Lipinski definition) is 5. The van der Waals surface area contributed by atoms with Gasteiger partial charge in [-0.15, -0.1) is 5.10 Å². The topological polar surface area (TPSA) is 72.3 Å². The van der Waals surface area contributed by atoms with Crippen LogP contribution < -0.4 is 10.1 Å². The normalized spacial score (nSPS) is 12.5. The van der Waals surface area contributed by atoms with E-state index in [1.807, 2.05) is 45.3 Å². The number of aromatic nitrogens is 3. The number of carbonyl (C=O) groups is 1. The molecule has 1 unspecified atom stereocenters. The van der Waals surface area contributed by atoms with Crippen LogP contribution in [0.5, 0.6) is 5.75 Å². The van der Waals surface area contributed by atoms with Crippen molar-refractivity contribution in [3.63, 3.8) is 0 Å². The summed E-state index contributed by atoms with van der Waals surface area (Å²) in [6.07, 6.45) is 0.910. The lowest BCUT2D eigenvalue weighted by Gasteiger charge is -2.23. The maximum absolute atomic E-state index is 12.7. The van der Waals surface area contributed by atoms with Gasteiger partial charge in [-0.05, 0) is 45.5 Å². The Hall–Kier alpha value is -2.41. The number of amides is 1. The highest BCUT2D eigenvalue weighted by Crippen LogP contribution is 2.18. The molecule has 2 aromatic rings. The number of nitrogens with one attached hydrogen (secondary N) is 1. The molecule has 0 radical (unpaired) electrons. The molecule has 7 nitrogen and oxygen atoms in total. The smallest absolute Gasteiger partial charge is 0.274 e. The molecule has 0 spiro atoms. The lowest BCUT2D eigenvalue weighted by Crippen LogP contribution is -2.42. The minimum atomic E-state index is -0.191. The summed E-state index contributed by atoms with van der Waals surface area (Å²) in [4.78, 5) is 14.8. The maximum Gasteiger partial charge on any atom is 0.274 e. The lowest BCUT2D eigenvalue weighted by molar-refractivity contribution is 0.0918. The van der Waals surface area contributed by atoms with Crippen LogP contribution in [0.15, 0.2) is 24.3 Å². The van der Waals surface area contributed by atoms with E-state index in [1.165, 1.54) is 0 Å². The molecule has 1 heterocycles. The van der Waals surface area contributed by atoms with Crippen LogP contribution in [0.3, 0.4) is 0 Å². The molecule has 1 aromatic heterocycles. The predicted octanol–water partition coefficient (Wildman–Crippen LogP) is 2.29. The average Bonchev–Trinajstić information content (AvgIpc) is 2.95. The van der Waals surface area contributed by atoms with Crippen LogP contribution in [0.4, 0.5) is 0 Å². The van der Waals surface area contributed by atoms with E-state index < -0.39 is 0 Å². The Bertz CT molecular complexity index is 729. The van der Waals surface area contributed by atoms with E-state index in [0.29, 0.717) is 17.3 Å². The van der Waals surface area contributed by atoms with E-state index in [4.69, 9.17) is 4.74 Å². The molecule has 0 aliphatic heterocycles. The Morgan fingerprint density at radius 3 is 2.69 bits per heavy atom. The van der Waals surface area contributed by atoms with Crippen molar-refractivity contribution in [2.75, 3.05) is 27.7 Å². The summed E-state index contributed by atoms with van der Waals surface area (Å²) in [7, 11) is 5.62. The largest absolute Gasteiger partial charge is 0.497 e. The standard InChI is InChI=1S/C19H29N5O2/c1-13(2)10-15(12-23(4)5)20-19(25)18-14(3)24(22-21-18)16-8-7-9-17(11-16)26-6/h7-9,11,13,15H,10,12H2,1-6H3,(H,20,25). The zero-order valence-electron chi connectivity index (χ0n) is 16.5. The summed E-state index contributed by atoms with van der Waals surface area (Å²) in [6.45, 7) is 6.93. The van der Waals surface area contributed by atoms with Gasteiger partial charge in [-0.1, -0.05) is 25.1 Å². The number of likely N-dealkylation sites (N-methyl/N-ethyl adjacent to an activating group) is 1. The second-order valence-electron chi connectivity index (χ2n) is 7.20. The van der Waals surface area contributed by atoms with Gasteiger partial charge in [0.05, 0.1) is 18.5 Å². The lowest BCUT2D eigenvalue weighted by atomic mass is 10.0. The van der Waals surface area contributed by atoms with E-state index in [9.17, 15) is 4.79 Å². The second kappa shape index (κ2) is 8.80. The number of benzene rings is 1. The Morgan fingerprint density at radius 1 is 1.35 bits per heavy atom. The van der Waals surface area contributed by atoms with Gasteiger partial charge in [0.1, 0.15) is 5.75 Å². The fourth-order valence-corrected chi connectivity index (χ4v) is 2.97. The molecule has 1 aromatic carbocycles.